The summed E-state index contributed by atoms with van der Waals surface area (Å²) in [6, 6.07) is 9.92. The van der Waals surface area contributed by atoms with Crippen molar-refractivity contribution in [3.05, 3.63) is 42.0 Å². The van der Waals surface area contributed by atoms with Crippen molar-refractivity contribution in [2.24, 2.45) is 5.41 Å². The van der Waals surface area contributed by atoms with Gasteiger partial charge in [0.1, 0.15) is 6.61 Å². The van der Waals surface area contributed by atoms with Gasteiger partial charge in [-0.05, 0) is 32.4 Å². The summed E-state index contributed by atoms with van der Waals surface area (Å²) in [6.07, 6.45) is 3.79. The molecule has 0 aliphatic rings. The summed E-state index contributed by atoms with van der Waals surface area (Å²) in [5.74, 6) is -0.176. The Labute approximate surface area is 96.9 Å². The highest BCUT2D eigenvalue weighted by Gasteiger charge is 2.22. The highest BCUT2D eigenvalue weighted by atomic mass is 16.5. The summed E-state index contributed by atoms with van der Waals surface area (Å²) in [6.45, 7) is 5.85. The minimum atomic E-state index is -0.430. The van der Waals surface area contributed by atoms with Crippen molar-refractivity contribution in [2.75, 3.05) is 6.61 Å². The maximum Gasteiger partial charge on any atom is 0.311 e. The van der Waals surface area contributed by atoms with Gasteiger partial charge >= 0.3 is 5.97 Å². The largest absolute Gasteiger partial charge is 0.461 e. The highest BCUT2D eigenvalue weighted by Crippen LogP contribution is 2.14. The van der Waals surface area contributed by atoms with E-state index in [0.717, 1.165) is 5.56 Å². The van der Waals surface area contributed by atoms with Gasteiger partial charge in [-0.3, -0.25) is 4.79 Å². The number of hydrogen-bond donors (Lipinski definition) is 0. The van der Waals surface area contributed by atoms with Crippen LogP contribution in [0.25, 0.3) is 6.08 Å². The molecule has 0 bridgehead atoms. The molecule has 0 fully saturated rings. The molecule has 0 aliphatic carbocycles. The first-order valence-corrected chi connectivity index (χ1v) is 5.39. The fourth-order valence-electron chi connectivity index (χ4n) is 1.09. The standard InChI is InChI=1S/C14H18O2/c1-14(2,3)13(15)16-11-7-10-12-8-5-4-6-9-12/h4-10H,11H2,1-3H3/b10-7+. The summed E-state index contributed by atoms with van der Waals surface area (Å²) in [7, 11) is 0. The first kappa shape index (κ1) is 12.5. The molecule has 0 aromatic heterocycles. The molecule has 0 saturated heterocycles. The van der Waals surface area contributed by atoms with Gasteiger partial charge in [0.05, 0.1) is 5.41 Å². The zero-order valence-corrected chi connectivity index (χ0v) is 10.1. The van der Waals surface area contributed by atoms with Gasteiger partial charge in [0.25, 0.3) is 0 Å². The van der Waals surface area contributed by atoms with Gasteiger partial charge in [0.2, 0.25) is 0 Å². The second-order valence-electron chi connectivity index (χ2n) is 4.66. The zero-order valence-electron chi connectivity index (χ0n) is 10.1. The third-order valence-electron chi connectivity index (χ3n) is 2.03. The summed E-state index contributed by atoms with van der Waals surface area (Å²) >= 11 is 0. The molecule has 0 amide bonds. The zero-order chi connectivity index (χ0) is 12.0. The van der Waals surface area contributed by atoms with E-state index in [4.69, 9.17) is 4.74 Å². The van der Waals surface area contributed by atoms with Crippen LogP contribution in [0, 0.1) is 5.41 Å². The molecule has 1 aromatic rings. The Morgan fingerprint density at radius 1 is 1.25 bits per heavy atom. The van der Waals surface area contributed by atoms with E-state index in [0.29, 0.717) is 6.61 Å². The van der Waals surface area contributed by atoms with Gasteiger partial charge < -0.3 is 4.74 Å². The third-order valence-corrected chi connectivity index (χ3v) is 2.03. The normalized spacial score (nSPS) is 11.7. The van der Waals surface area contributed by atoms with E-state index in [2.05, 4.69) is 0 Å². The summed E-state index contributed by atoms with van der Waals surface area (Å²) < 4.78 is 5.10. The summed E-state index contributed by atoms with van der Waals surface area (Å²) in [5, 5.41) is 0. The van der Waals surface area contributed by atoms with Gasteiger partial charge in [-0.15, -0.1) is 0 Å². The van der Waals surface area contributed by atoms with Gasteiger partial charge in [-0.1, -0.05) is 36.4 Å². The molecule has 0 radical (unpaired) electrons. The lowest BCUT2D eigenvalue weighted by atomic mass is 9.97. The number of carbonyl (C=O) groups is 1. The van der Waals surface area contributed by atoms with Crippen LogP contribution in [0.3, 0.4) is 0 Å². The lowest BCUT2D eigenvalue weighted by Gasteiger charge is -2.15. The molecule has 0 N–H and O–H groups in total. The molecule has 0 spiro atoms. The monoisotopic (exact) mass is 218 g/mol. The molecule has 0 unspecified atom stereocenters. The van der Waals surface area contributed by atoms with Crippen LogP contribution in [0.2, 0.25) is 0 Å². The van der Waals surface area contributed by atoms with E-state index < -0.39 is 5.41 Å². The van der Waals surface area contributed by atoms with Crippen molar-refractivity contribution in [2.45, 2.75) is 20.8 Å². The highest BCUT2D eigenvalue weighted by molar-refractivity contribution is 5.75. The smallest absolute Gasteiger partial charge is 0.311 e. The quantitative estimate of drug-likeness (QED) is 0.728. The molecular formula is C14H18O2. The summed E-state index contributed by atoms with van der Waals surface area (Å²) in [5.41, 5.74) is 0.676. The van der Waals surface area contributed by atoms with Crippen LogP contribution in [-0.2, 0) is 9.53 Å². The van der Waals surface area contributed by atoms with Crippen LogP contribution in [0.5, 0.6) is 0 Å². The Kier molecular flexibility index (Phi) is 4.29. The van der Waals surface area contributed by atoms with Gasteiger partial charge in [0, 0.05) is 0 Å². The second-order valence-corrected chi connectivity index (χ2v) is 4.66. The van der Waals surface area contributed by atoms with Crippen LogP contribution in [0.15, 0.2) is 36.4 Å². The van der Waals surface area contributed by atoms with Crippen molar-refractivity contribution in [3.63, 3.8) is 0 Å². The number of carbonyl (C=O) groups excluding carboxylic acids is 1. The van der Waals surface area contributed by atoms with Gasteiger partial charge in [-0.2, -0.15) is 0 Å². The van der Waals surface area contributed by atoms with Crippen LogP contribution in [-0.4, -0.2) is 12.6 Å². The Morgan fingerprint density at radius 2 is 1.88 bits per heavy atom. The van der Waals surface area contributed by atoms with Crippen molar-refractivity contribution in [1.82, 2.24) is 0 Å². The Morgan fingerprint density at radius 3 is 2.44 bits per heavy atom. The molecule has 86 valence electrons. The molecule has 0 saturated carbocycles. The van der Waals surface area contributed by atoms with E-state index in [9.17, 15) is 4.79 Å². The average Bonchev–Trinajstić information content (AvgIpc) is 2.24. The molecule has 0 atom stereocenters. The maximum absolute atomic E-state index is 11.4. The Hall–Kier alpha value is -1.57. The lowest BCUT2D eigenvalue weighted by Crippen LogP contribution is -2.22. The first-order valence-electron chi connectivity index (χ1n) is 5.39. The Balaban J connectivity index is 2.37. The predicted molar refractivity (Wildman–Crippen MR) is 65.9 cm³/mol. The Bertz CT molecular complexity index is 358. The van der Waals surface area contributed by atoms with E-state index in [1.807, 2.05) is 63.3 Å². The SMILES string of the molecule is CC(C)(C)C(=O)OC/C=C/c1ccccc1. The topological polar surface area (TPSA) is 26.3 Å². The van der Waals surface area contributed by atoms with Gasteiger partial charge in [-0.25, -0.2) is 0 Å². The molecule has 2 heteroatoms. The molecule has 1 aromatic carbocycles. The van der Waals surface area contributed by atoms with Gasteiger partial charge in [0.15, 0.2) is 0 Å². The van der Waals surface area contributed by atoms with Crippen LogP contribution in [0.1, 0.15) is 26.3 Å². The fraction of sp³-hybridized carbons (Fsp3) is 0.357. The number of rotatable bonds is 3. The minimum absolute atomic E-state index is 0.176. The summed E-state index contributed by atoms with van der Waals surface area (Å²) in [4.78, 5) is 11.4. The number of benzene rings is 1. The third kappa shape index (κ3) is 4.30. The molecule has 0 aliphatic heterocycles. The maximum atomic E-state index is 11.4. The lowest BCUT2D eigenvalue weighted by molar-refractivity contribution is -0.151. The van der Waals surface area contributed by atoms with Crippen LogP contribution in [0.4, 0.5) is 0 Å². The van der Waals surface area contributed by atoms with Crippen molar-refractivity contribution in [1.29, 1.82) is 0 Å². The van der Waals surface area contributed by atoms with E-state index in [-0.39, 0.29) is 5.97 Å². The first-order chi connectivity index (χ1) is 7.50. The second kappa shape index (κ2) is 5.50. The van der Waals surface area contributed by atoms with Crippen molar-refractivity contribution in [3.8, 4) is 0 Å². The molecule has 16 heavy (non-hydrogen) atoms. The van der Waals surface area contributed by atoms with Crippen LogP contribution >= 0.6 is 0 Å². The molecule has 2 nitrogen and oxygen atoms in total. The number of hydrogen-bond acceptors (Lipinski definition) is 2. The van der Waals surface area contributed by atoms with Crippen LogP contribution < -0.4 is 0 Å². The van der Waals surface area contributed by atoms with E-state index in [1.165, 1.54) is 0 Å². The van der Waals surface area contributed by atoms with E-state index >= 15 is 0 Å². The van der Waals surface area contributed by atoms with Crippen molar-refractivity contribution >= 4 is 12.0 Å². The molecule has 0 heterocycles. The minimum Gasteiger partial charge on any atom is -0.461 e. The fourth-order valence-corrected chi connectivity index (χ4v) is 1.09. The number of esters is 1. The average molecular weight is 218 g/mol. The predicted octanol–water partition coefficient (Wildman–Crippen LogP) is 3.29. The molecular weight excluding hydrogens is 200 g/mol. The van der Waals surface area contributed by atoms with Crippen molar-refractivity contribution < 1.29 is 9.53 Å². The molecule has 1 rings (SSSR count). The van der Waals surface area contributed by atoms with E-state index in [1.54, 1.807) is 0 Å². The number of ether oxygens (including phenoxy) is 1.